The summed E-state index contributed by atoms with van der Waals surface area (Å²) in [4.78, 5) is 25.8. The normalized spacial score (nSPS) is 10.7. The number of fused-ring (bicyclic) bond motifs is 1. The summed E-state index contributed by atoms with van der Waals surface area (Å²) < 4.78 is 19.2. The van der Waals surface area contributed by atoms with Crippen LogP contribution in [-0.2, 0) is 6.54 Å². The Morgan fingerprint density at radius 1 is 1.13 bits per heavy atom. The third kappa shape index (κ3) is 2.99. The fraction of sp³-hybridized carbons (Fsp3) is 0.111. The predicted octanol–water partition coefficient (Wildman–Crippen LogP) is 3.20. The summed E-state index contributed by atoms with van der Waals surface area (Å²) in [6.07, 6.45) is 0. The summed E-state index contributed by atoms with van der Waals surface area (Å²) in [6, 6.07) is 14.1. The standard InChI is InChI=1S/C18H14FNO3/c1-20(11-12-6-2-4-8-14(12)19)18(22)17-10-15(21)13-7-3-5-9-16(13)23-17/h2-10H,11H2,1H3. The quantitative estimate of drug-likeness (QED) is 0.746. The van der Waals surface area contributed by atoms with Crippen LogP contribution in [0.2, 0.25) is 0 Å². The van der Waals surface area contributed by atoms with Crippen molar-refractivity contribution in [2.75, 3.05) is 7.05 Å². The first kappa shape index (κ1) is 15.0. The molecule has 0 aliphatic heterocycles. The first-order chi connectivity index (χ1) is 11.1. The van der Waals surface area contributed by atoms with Gasteiger partial charge in [-0.3, -0.25) is 9.59 Å². The maximum Gasteiger partial charge on any atom is 0.289 e. The van der Waals surface area contributed by atoms with Crippen LogP contribution in [-0.4, -0.2) is 17.9 Å². The first-order valence-corrected chi connectivity index (χ1v) is 7.08. The highest BCUT2D eigenvalue weighted by Gasteiger charge is 2.17. The lowest BCUT2D eigenvalue weighted by Gasteiger charge is -2.17. The molecule has 2 aromatic carbocycles. The fourth-order valence-corrected chi connectivity index (χ4v) is 2.35. The van der Waals surface area contributed by atoms with Crippen LogP contribution in [0.1, 0.15) is 16.1 Å². The van der Waals surface area contributed by atoms with Crippen molar-refractivity contribution >= 4 is 16.9 Å². The Morgan fingerprint density at radius 3 is 2.61 bits per heavy atom. The van der Waals surface area contributed by atoms with E-state index in [1.165, 1.54) is 24.1 Å². The molecule has 4 nitrogen and oxygen atoms in total. The van der Waals surface area contributed by atoms with Gasteiger partial charge in [0.2, 0.25) is 0 Å². The second kappa shape index (κ2) is 6.04. The lowest BCUT2D eigenvalue weighted by Crippen LogP contribution is -2.27. The number of halogens is 1. The highest BCUT2D eigenvalue weighted by atomic mass is 19.1. The highest BCUT2D eigenvalue weighted by molar-refractivity contribution is 5.93. The fourth-order valence-electron chi connectivity index (χ4n) is 2.35. The van der Waals surface area contributed by atoms with E-state index in [1.54, 1.807) is 42.5 Å². The molecule has 0 fully saturated rings. The molecule has 0 bridgehead atoms. The molecule has 0 radical (unpaired) electrons. The van der Waals surface area contributed by atoms with Crippen molar-refractivity contribution in [1.29, 1.82) is 0 Å². The number of para-hydroxylation sites is 1. The number of nitrogens with zero attached hydrogens (tertiary/aromatic N) is 1. The van der Waals surface area contributed by atoms with Crippen LogP contribution in [0.4, 0.5) is 4.39 Å². The molecule has 0 N–H and O–H groups in total. The Bertz CT molecular complexity index is 933. The summed E-state index contributed by atoms with van der Waals surface area (Å²) >= 11 is 0. The monoisotopic (exact) mass is 311 g/mol. The van der Waals surface area contributed by atoms with E-state index in [0.29, 0.717) is 16.5 Å². The minimum Gasteiger partial charge on any atom is -0.451 e. The molecule has 0 saturated carbocycles. The second-order valence-corrected chi connectivity index (χ2v) is 5.22. The Labute approximate surface area is 131 Å². The molecule has 116 valence electrons. The van der Waals surface area contributed by atoms with Crippen molar-refractivity contribution < 1.29 is 13.6 Å². The zero-order chi connectivity index (χ0) is 16.4. The van der Waals surface area contributed by atoms with Crippen LogP contribution < -0.4 is 5.43 Å². The summed E-state index contributed by atoms with van der Waals surface area (Å²) in [5.74, 6) is -0.921. The van der Waals surface area contributed by atoms with Gasteiger partial charge >= 0.3 is 0 Å². The van der Waals surface area contributed by atoms with Crippen LogP contribution in [0.25, 0.3) is 11.0 Å². The topological polar surface area (TPSA) is 50.5 Å². The molecule has 1 heterocycles. The molecule has 0 spiro atoms. The third-order valence-corrected chi connectivity index (χ3v) is 3.56. The average Bonchev–Trinajstić information content (AvgIpc) is 2.56. The smallest absolute Gasteiger partial charge is 0.289 e. The number of amides is 1. The van der Waals surface area contributed by atoms with Crippen LogP contribution in [0, 0.1) is 5.82 Å². The number of carbonyl (C=O) groups excluding carboxylic acids is 1. The molecule has 0 saturated heterocycles. The minimum absolute atomic E-state index is 0.0625. The molecule has 3 aromatic rings. The van der Waals surface area contributed by atoms with Crippen LogP contribution in [0.15, 0.2) is 63.8 Å². The van der Waals surface area contributed by atoms with Gasteiger partial charge in [0.05, 0.1) is 5.39 Å². The third-order valence-electron chi connectivity index (χ3n) is 3.56. The van der Waals surface area contributed by atoms with E-state index in [1.807, 2.05) is 0 Å². The number of carbonyl (C=O) groups is 1. The lowest BCUT2D eigenvalue weighted by molar-refractivity contribution is 0.0753. The Morgan fingerprint density at radius 2 is 1.83 bits per heavy atom. The zero-order valence-electron chi connectivity index (χ0n) is 12.5. The van der Waals surface area contributed by atoms with Gasteiger partial charge in [0, 0.05) is 25.2 Å². The van der Waals surface area contributed by atoms with Crippen LogP contribution >= 0.6 is 0 Å². The van der Waals surface area contributed by atoms with E-state index in [4.69, 9.17) is 4.42 Å². The second-order valence-electron chi connectivity index (χ2n) is 5.22. The van der Waals surface area contributed by atoms with E-state index < -0.39 is 5.91 Å². The maximum atomic E-state index is 13.7. The summed E-state index contributed by atoms with van der Waals surface area (Å²) in [6.45, 7) is 0.0854. The minimum atomic E-state index is -0.476. The van der Waals surface area contributed by atoms with Crippen LogP contribution in [0.5, 0.6) is 0 Å². The van der Waals surface area contributed by atoms with Crippen LogP contribution in [0.3, 0.4) is 0 Å². The van der Waals surface area contributed by atoms with Gasteiger partial charge in [0.1, 0.15) is 11.4 Å². The molecule has 5 heteroatoms. The Hall–Kier alpha value is -2.95. The summed E-state index contributed by atoms with van der Waals surface area (Å²) in [7, 11) is 1.53. The molecule has 0 aliphatic rings. The van der Waals surface area contributed by atoms with Gasteiger partial charge in [-0.25, -0.2) is 4.39 Å². The van der Waals surface area contributed by atoms with Crippen molar-refractivity contribution in [3.05, 3.63) is 82.0 Å². The first-order valence-electron chi connectivity index (χ1n) is 7.08. The SMILES string of the molecule is CN(Cc1ccccc1F)C(=O)c1cc(=O)c2ccccc2o1. The predicted molar refractivity (Wildman–Crippen MR) is 84.7 cm³/mol. The Kier molecular flexibility index (Phi) is 3.93. The molecule has 0 aliphatic carbocycles. The average molecular weight is 311 g/mol. The largest absolute Gasteiger partial charge is 0.451 e. The molecular formula is C18H14FNO3. The van der Waals surface area contributed by atoms with Crippen molar-refractivity contribution in [2.45, 2.75) is 6.54 Å². The lowest BCUT2D eigenvalue weighted by atomic mass is 10.2. The molecule has 23 heavy (non-hydrogen) atoms. The van der Waals surface area contributed by atoms with Gasteiger partial charge in [0.15, 0.2) is 11.2 Å². The number of rotatable bonds is 3. The highest BCUT2D eigenvalue weighted by Crippen LogP contribution is 2.15. The number of hydrogen-bond acceptors (Lipinski definition) is 3. The summed E-state index contributed by atoms with van der Waals surface area (Å²) in [5, 5.41) is 0.417. The van der Waals surface area contributed by atoms with E-state index in [9.17, 15) is 14.0 Å². The molecular weight excluding hydrogens is 297 g/mol. The molecule has 1 amide bonds. The molecule has 3 rings (SSSR count). The summed E-state index contributed by atoms with van der Waals surface area (Å²) in [5.41, 5.74) is 0.462. The molecule has 0 atom stereocenters. The molecule has 1 aromatic heterocycles. The number of hydrogen-bond donors (Lipinski definition) is 0. The maximum absolute atomic E-state index is 13.7. The van der Waals surface area contributed by atoms with E-state index in [-0.39, 0.29) is 23.6 Å². The zero-order valence-corrected chi connectivity index (χ0v) is 12.5. The van der Waals surface area contributed by atoms with E-state index in [0.717, 1.165) is 0 Å². The van der Waals surface area contributed by atoms with Crippen molar-refractivity contribution in [2.24, 2.45) is 0 Å². The van der Waals surface area contributed by atoms with Crippen molar-refractivity contribution in [1.82, 2.24) is 4.90 Å². The van der Waals surface area contributed by atoms with Gasteiger partial charge in [-0.15, -0.1) is 0 Å². The van der Waals surface area contributed by atoms with Gasteiger partial charge < -0.3 is 9.32 Å². The van der Waals surface area contributed by atoms with Crippen molar-refractivity contribution in [3.63, 3.8) is 0 Å². The van der Waals surface area contributed by atoms with E-state index >= 15 is 0 Å². The van der Waals surface area contributed by atoms with E-state index in [2.05, 4.69) is 0 Å². The van der Waals surface area contributed by atoms with Crippen molar-refractivity contribution in [3.8, 4) is 0 Å². The van der Waals surface area contributed by atoms with Gasteiger partial charge in [-0.05, 0) is 18.2 Å². The van der Waals surface area contributed by atoms with Gasteiger partial charge in [-0.2, -0.15) is 0 Å². The van der Waals surface area contributed by atoms with Gasteiger partial charge in [-0.1, -0.05) is 30.3 Å². The molecule has 0 unspecified atom stereocenters. The van der Waals surface area contributed by atoms with Gasteiger partial charge in [0.25, 0.3) is 5.91 Å². The Balaban J connectivity index is 1.91. The number of benzene rings is 2.